The van der Waals surface area contributed by atoms with Crippen LogP contribution in [-0.4, -0.2) is 43.2 Å². The molecule has 0 radical (unpaired) electrons. The Morgan fingerprint density at radius 1 is 0.931 bits per heavy atom. The van der Waals surface area contributed by atoms with Crippen LogP contribution in [0.3, 0.4) is 0 Å². The van der Waals surface area contributed by atoms with Crippen LogP contribution in [0.2, 0.25) is 0 Å². The van der Waals surface area contributed by atoms with Crippen LogP contribution in [0.15, 0.2) is 59.6 Å². The Bertz CT molecular complexity index is 980. The summed E-state index contributed by atoms with van der Waals surface area (Å²) in [7, 11) is 4.73. The highest BCUT2D eigenvalue weighted by molar-refractivity contribution is 7.99. The first-order valence-electron chi connectivity index (χ1n) is 8.75. The molecular weight excluding hydrogens is 390 g/mol. The molecule has 0 unspecified atom stereocenters. The van der Waals surface area contributed by atoms with Gasteiger partial charge in [-0.25, -0.2) is 0 Å². The summed E-state index contributed by atoms with van der Waals surface area (Å²) in [4.78, 5) is 12.2. The molecule has 0 saturated heterocycles. The van der Waals surface area contributed by atoms with Gasteiger partial charge in [0.25, 0.3) is 0 Å². The Morgan fingerprint density at radius 2 is 1.76 bits per heavy atom. The van der Waals surface area contributed by atoms with Gasteiger partial charge < -0.3 is 19.5 Å². The minimum Gasteiger partial charge on any atom is -0.497 e. The van der Waals surface area contributed by atoms with Crippen LogP contribution in [0.5, 0.6) is 17.2 Å². The maximum absolute atomic E-state index is 12.2. The molecule has 29 heavy (non-hydrogen) atoms. The number of anilines is 1. The normalized spacial score (nSPS) is 10.3. The molecule has 0 spiro atoms. The summed E-state index contributed by atoms with van der Waals surface area (Å²) in [5.41, 5.74) is 2.29. The van der Waals surface area contributed by atoms with Crippen molar-refractivity contribution in [1.29, 1.82) is 0 Å². The molecule has 0 fully saturated rings. The van der Waals surface area contributed by atoms with E-state index in [1.54, 1.807) is 39.5 Å². The molecule has 2 aromatic carbocycles. The van der Waals surface area contributed by atoms with Crippen LogP contribution in [0.1, 0.15) is 0 Å². The van der Waals surface area contributed by atoms with E-state index in [1.807, 2.05) is 36.4 Å². The number of carbonyl (C=O) groups is 1. The van der Waals surface area contributed by atoms with Gasteiger partial charge in [0.1, 0.15) is 10.8 Å². The third-order valence-electron chi connectivity index (χ3n) is 4.02. The fraction of sp³-hybridized carbons (Fsp3) is 0.190. The summed E-state index contributed by atoms with van der Waals surface area (Å²) in [6.45, 7) is 0. The van der Waals surface area contributed by atoms with Crippen molar-refractivity contribution < 1.29 is 19.0 Å². The third-order valence-corrected chi connectivity index (χ3v) is 4.94. The van der Waals surface area contributed by atoms with E-state index < -0.39 is 0 Å². The van der Waals surface area contributed by atoms with Gasteiger partial charge in [-0.05, 0) is 36.4 Å². The van der Waals surface area contributed by atoms with Crippen LogP contribution in [0.25, 0.3) is 11.3 Å². The molecule has 0 aliphatic rings. The summed E-state index contributed by atoms with van der Waals surface area (Å²) in [5, 5.41) is 11.9. The van der Waals surface area contributed by atoms with Crippen molar-refractivity contribution in [2.75, 3.05) is 32.4 Å². The topological polar surface area (TPSA) is 82.6 Å². The van der Waals surface area contributed by atoms with Gasteiger partial charge in [0.15, 0.2) is 11.5 Å². The number of hydrogen-bond donors (Lipinski definition) is 1. The Hall–Kier alpha value is -3.26. The molecule has 0 bridgehead atoms. The van der Waals surface area contributed by atoms with E-state index in [9.17, 15) is 4.79 Å². The molecule has 3 aromatic rings. The van der Waals surface area contributed by atoms with Crippen molar-refractivity contribution in [1.82, 2.24) is 10.2 Å². The minimum atomic E-state index is -0.152. The van der Waals surface area contributed by atoms with Crippen molar-refractivity contribution in [3.63, 3.8) is 0 Å². The van der Waals surface area contributed by atoms with Gasteiger partial charge in [0.2, 0.25) is 5.91 Å². The number of aromatic nitrogens is 2. The number of nitrogens with one attached hydrogen (secondary N) is 1. The van der Waals surface area contributed by atoms with E-state index >= 15 is 0 Å². The highest BCUT2D eigenvalue weighted by atomic mass is 32.2. The summed E-state index contributed by atoms with van der Waals surface area (Å²) < 4.78 is 15.7. The number of benzene rings is 2. The lowest BCUT2D eigenvalue weighted by molar-refractivity contribution is -0.113. The number of hydrogen-bond acceptors (Lipinski definition) is 7. The summed E-state index contributed by atoms with van der Waals surface area (Å²) >= 11 is 1.31. The average Bonchev–Trinajstić information content (AvgIpc) is 2.78. The molecule has 7 nitrogen and oxygen atoms in total. The van der Waals surface area contributed by atoms with E-state index in [1.165, 1.54) is 11.8 Å². The second-order valence-corrected chi connectivity index (χ2v) is 6.89. The van der Waals surface area contributed by atoms with Crippen molar-refractivity contribution >= 4 is 23.4 Å². The molecule has 1 N–H and O–H groups in total. The molecule has 0 atom stereocenters. The molecule has 8 heteroatoms. The number of rotatable bonds is 8. The van der Waals surface area contributed by atoms with Gasteiger partial charge in [-0.1, -0.05) is 23.9 Å². The highest BCUT2D eigenvalue weighted by Crippen LogP contribution is 2.30. The van der Waals surface area contributed by atoms with Gasteiger partial charge >= 0.3 is 0 Å². The van der Waals surface area contributed by atoms with E-state index in [2.05, 4.69) is 15.5 Å². The fourth-order valence-corrected chi connectivity index (χ4v) is 3.20. The molecule has 0 saturated carbocycles. The highest BCUT2D eigenvalue weighted by Gasteiger charge is 2.09. The monoisotopic (exact) mass is 411 g/mol. The summed E-state index contributed by atoms with van der Waals surface area (Å²) in [6, 6.07) is 16.5. The zero-order chi connectivity index (χ0) is 20.6. The van der Waals surface area contributed by atoms with Gasteiger partial charge in [-0.2, -0.15) is 0 Å². The molecule has 1 aromatic heterocycles. The van der Waals surface area contributed by atoms with Crippen molar-refractivity contribution in [2.45, 2.75) is 5.03 Å². The second-order valence-electron chi connectivity index (χ2n) is 5.90. The van der Waals surface area contributed by atoms with Crippen molar-refractivity contribution in [3.8, 4) is 28.5 Å². The Balaban J connectivity index is 1.57. The number of amides is 1. The number of methoxy groups -OCH3 is 3. The van der Waals surface area contributed by atoms with Crippen LogP contribution in [0.4, 0.5) is 5.69 Å². The third kappa shape index (κ3) is 5.39. The zero-order valence-corrected chi connectivity index (χ0v) is 17.2. The van der Waals surface area contributed by atoms with Crippen LogP contribution >= 0.6 is 11.8 Å². The lowest BCUT2D eigenvalue weighted by Gasteiger charge is -2.10. The smallest absolute Gasteiger partial charge is 0.234 e. The lowest BCUT2D eigenvalue weighted by atomic mass is 10.1. The first-order valence-corrected chi connectivity index (χ1v) is 9.74. The van der Waals surface area contributed by atoms with Gasteiger partial charge in [0.05, 0.1) is 32.8 Å². The quantitative estimate of drug-likeness (QED) is 0.563. The van der Waals surface area contributed by atoms with Crippen molar-refractivity contribution in [3.05, 3.63) is 54.6 Å². The van der Waals surface area contributed by atoms with E-state index in [-0.39, 0.29) is 11.7 Å². The fourth-order valence-electron chi connectivity index (χ4n) is 2.58. The molecule has 150 valence electrons. The Labute approximate surface area is 173 Å². The minimum absolute atomic E-state index is 0.152. The van der Waals surface area contributed by atoms with E-state index in [0.29, 0.717) is 22.2 Å². The van der Waals surface area contributed by atoms with Crippen LogP contribution in [-0.2, 0) is 4.79 Å². The number of nitrogens with zero attached hydrogens (tertiary/aromatic N) is 2. The molecular formula is C21H21N3O4S. The van der Waals surface area contributed by atoms with E-state index in [4.69, 9.17) is 14.2 Å². The number of ether oxygens (including phenoxy) is 3. The van der Waals surface area contributed by atoms with Crippen LogP contribution < -0.4 is 19.5 Å². The average molecular weight is 411 g/mol. The van der Waals surface area contributed by atoms with Gasteiger partial charge in [-0.3, -0.25) is 4.79 Å². The molecule has 1 amide bonds. The van der Waals surface area contributed by atoms with Crippen LogP contribution in [0, 0.1) is 0 Å². The Kier molecular flexibility index (Phi) is 6.91. The maximum atomic E-state index is 12.2. The zero-order valence-electron chi connectivity index (χ0n) is 16.3. The predicted octanol–water partition coefficient (Wildman–Crippen LogP) is 3.90. The maximum Gasteiger partial charge on any atom is 0.234 e. The number of thioether (sulfide) groups is 1. The van der Waals surface area contributed by atoms with E-state index in [0.717, 1.165) is 17.0 Å². The predicted molar refractivity (Wildman–Crippen MR) is 113 cm³/mol. The molecule has 1 heterocycles. The molecule has 3 rings (SSSR count). The van der Waals surface area contributed by atoms with Gasteiger partial charge in [0, 0.05) is 17.3 Å². The standard InChI is InChI=1S/C21H21N3O4S/c1-26-16-6-4-5-14(11-16)17-8-10-21(24-23-17)29-13-20(25)22-15-7-9-18(27-2)19(12-15)28-3/h4-12H,13H2,1-3H3,(H,22,25). The second kappa shape index (κ2) is 9.79. The first kappa shape index (κ1) is 20.5. The van der Waals surface area contributed by atoms with Crippen molar-refractivity contribution in [2.24, 2.45) is 0 Å². The summed E-state index contributed by atoms with van der Waals surface area (Å²) in [5.74, 6) is 1.97. The molecule has 0 aliphatic heterocycles. The lowest BCUT2D eigenvalue weighted by Crippen LogP contribution is -2.14. The largest absolute Gasteiger partial charge is 0.497 e. The van der Waals surface area contributed by atoms with Gasteiger partial charge in [-0.15, -0.1) is 10.2 Å². The first-order chi connectivity index (χ1) is 14.1. The SMILES string of the molecule is COc1cccc(-c2ccc(SCC(=O)Nc3ccc(OC)c(OC)c3)nn2)c1. The summed E-state index contributed by atoms with van der Waals surface area (Å²) in [6.07, 6.45) is 0. The molecule has 0 aliphatic carbocycles. The Morgan fingerprint density at radius 3 is 2.45 bits per heavy atom. The number of carbonyl (C=O) groups excluding carboxylic acids is 1.